The van der Waals surface area contributed by atoms with E-state index in [4.69, 9.17) is 0 Å². The Kier molecular flexibility index (Phi) is 4.49. The first-order chi connectivity index (χ1) is 9.49. The summed E-state index contributed by atoms with van der Waals surface area (Å²) in [5.74, 6) is 1.56. The molecular weight excluding hydrogens is 274 g/mol. The van der Waals surface area contributed by atoms with Gasteiger partial charge in [-0.2, -0.15) is 5.10 Å². The van der Waals surface area contributed by atoms with E-state index >= 15 is 0 Å². The van der Waals surface area contributed by atoms with Crippen LogP contribution in [0.3, 0.4) is 0 Å². The summed E-state index contributed by atoms with van der Waals surface area (Å²) in [4.78, 5) is 20.7. The van der Waals surface area contributed by atoms with Crippen LogP contribution in [-0.4, -0.2) is 25.7 Å². The number of nitrogens with one attached hydrogen (secondary N) is 1. The lowest BCUT2D eigenvalue weighted by molar-refractivity contribution is -0.115. The summed E-state index contributed by atoms with van der Waals surface area (Å²) in [5.41, 5.74) is 0.992. The average molecular weight is 293 g/mol. The second-order valence-corrected chi connectivity index (χ2v) is 5.75. The molecule has 0 saturated carbocycles. The van der Waals surface area contributed by atoms with Crippen molar-refractivity contribution in [3.8, 4) is 0 Å². The molecule has 0 spiro atoms. The molecule has 1 amide bonds. The van der Waals surface area contributed by atoms with Gasteiger partial charge in [-0.3, -0.25) is 9.48 Å². The molecule has 0 aromatic carbocycles. The minimum absolute atomic E-state index is 0.118. The van der Waals surface area contributed by atoms with Gasteiger partial charge >= 0.3 is 0 Å². The van der Waals surface area contributed by atoms with Crippen LogP contribution in [0.5, 0.6) is 0 Å². The standard InChI is InChI=1S/C13H19N5OS/c1-5-9-7-20-13(14-9)16-11(19)6-10-15-12(8(2)3)17-18(10)4/h7-8H,5-6H2,1-4H3,(H,14,16,19). The number of nitrogens with zero attached hydrogens (tertiary/aromatic N) is 4. The van der Waals surface area contributed by atoms with Gasteiger partial charge in [0.2, 0.25) is 5.91 Å². The third-order valence-electron chi connectivity index (χ3n) is 2.87. The number of rotatable bonds is 5. The number of amides is 1. The van der Waals surface area contributed by atoms with Gasteiger partial charge in [0.1, 0.15) is 5.82 Å². The molecule has 2 heterocycles. The smallest absolute Gasteiger partial charge is 0.233 e. The van der Waals surface area contributed by atoms with Crippen LogP contribution >= 0.6 is 11.3 Å². The third-order valence-corrected chi connectivity index (χ3v) is 3.67. The minimum Gasteiger partial charge on any atom is -0.302 e. The average Bonchev–Trinajstić information content (AvgIpc) is 2.97. The lowest BCUT2D eigenvalue weighted by Gasteiger charge is -2.00. The summed E-state index contributed by atoms with van der Waals surface area (Å²) in [6.07, 6.45) is 1.07. The van der Waals surface area contributed by atoms with Crippen LogP contribution in [0.25, 0.3) is 0 Å². The van der Waals surface area contributed by atoms with Crippen molar-refractivity contribution in [1.29, 1.82) is 0 Å². The molecule has 0 aliphatic carbocycles. The molecule has 2 aromatic rings. The van der Waals surface area contributed by atoms with E-state index in [1.165, 1.54) is 11.3 Å². The molecule has 20 heavy (non-hydrogen) atoms. The van der Waals surface area contributed by atoms with Crippen molar-refractivity contribution in [1.82, 2.24) is 19.7 Å². The maximum Gasteiger partial charge on any atom is 0.233 e. The molecule has 2 aromatic heterocycles. The van der Waals surface area contributed by atoms with Gasteiger partial charge in [0.15, 0.2) is 11.0 Å². The molecule has 0 bridgehead atoms. The SMILES string of the molecule is CCc1csc(NC(=O)Cc2nc(C(C)C)nn2C)n1. The summed E-state index contributed by atoms with van der Waals surface area (Å²) in [6.45, 7) is 6.09. The van der Waals surface area contributed by atoms with Crippen molar-refractivity contribution in [3.63, 3.8) is 0 Å². The highest BCUT2D eigenvalue weighted by Crippen LogP contribution is 2.16. The molecule has 0 aliphatic rings. The highest BCUT2D eigenvalue weighted by molar-refractivity contribution is 7.13. The summed E-state index contributed by atoms with van der Waals surface area (Å²) in [6, 6.07) is 0. The minimum atomic E-state index is -0.118. The summed E-state index contributed by atoms with van der Waals surface area (Å²) in [5, 5.41) is 9.69. The lowest BCUT2D eigenvalue weighted by Crippen LogP contribution is -2.17. The van der Waals surface area contributed by atoms with E-state index in [-0.39, 0.29) is 18.2 Å². The number of hydrogen-bond acceptors (Lipinski definition) is 5. The number of anilines is 1. The predicted octanol–water partition coefficient (Wildman–Crippen LogP) is 2.14. The van der Waals surface area contributed by atoms with E-state index in [9.17, 15) is 4.79 Å². The lowest BCUT2D eigenvalue weighted by atomic mass is 10.2. The van der Waals surface area contributed by atoms with Gasteiger partial charge in [0, 0.05) is 18.3 Å². The summed E-state index contributed by atoms with van der Waals surface area (Å²) >= 11 is 1.44. The monoisotopic (exact) mass is 293 g/mol. The van der Waals surface area contributed by atoms with Crippen LogP contribution in [0.2, 0.25) is 0 Å². The Hall–Kier alpha value is -1.76. The number of carbonyl (C=O) groups excluding carboxylic acids is 1. The zero-order valence-electron chi connectivity index (χ0n) is 12.2. The third kappa shape index (κ3) is 3.41. The van der Waals surface area contributed by atoms with Crippen LogP contribution in [0, 0.1) is 0 Å². The van der Waals surface area contributed by atoms with E-state index in [1.54, 1.807) is 11.7 Å². The van der Waals surface area contributed by atoms with Crippen molar-refractivity contribution in [3.05, 3.63) is 22.7 Å². The molecular formula is C13H19N5OS. The van der Waals surface area contributed by atoms with Crippen molar-refractivity contribution in [2.45, 2.75) is 39.5 Å². The zero-order chi connectivity index (χ0) is 14.7. The number of hydrogen-bond donors (Lipinski definition) is 1. The highest BCUT2D eigenvalue weighted by atomic mass is 32.1. The Balaban J connectivity index is 2.00. The van der Waals surface area contributed by atoms with Crippen LogP contribution < -0.4 is 5.32 Å². The Morgan fingerprint density at radius 2 is 2.20 bits per heavy atom. The molecule has 0 fully saturated rings. The maximum absolute atomic E-state index is 12.0. The highest BCUT2D eigenvalue weighted by Gasteiger charge is 2.14. The quantitative estimate of drug-likeness (QED) is 0.916. The molecule has 0 saturated heterocycles. The first-order valence-corrected chi connectivity index (χ1v) is 7.51. The number of thiazole rings is 1. The molecule has 0 aliphatic heterocycles. The van der Waals surface area contributed by atoms with E-state index in [1.807, 2.05) is 26.2 Å². The molecule has 7 heteroatoms. The topological polar surface area (TPSA) is 72.7 Å². The maximum atomic E-state index is 12.0. The summed E-state index contributed by atoms with van der Waals surface area (Å²) < 4.78 is 1.66. The van der Waals surface area contributed by atoms with Crippen LogP contribution in [-0.2, 0) is 24.7 Å². The van der Waals surface area contributed by atoms with E-state index in [0.717, 1.165) is 17.9 Å². The Morgan fingerprint density at radius 1 is 1.45 bits per heavy atom. The first-order valence-electron chi connectivity index (χ1n) is 6.63. The molecule has 0 radical (unpaired) electrons. The van der Waals surface area contributed by atoms with Crippen molar-refractivity contribution >= 4 is 22.4 Å². The van der Waals surface area contributed by atoms with Gasteiger partial charge in [-0.15, -0.1) is 11.3 Å². The fourth-order valence-corrected chi connectivity index (χ4v) is 2.48. The molecule has 0 atom stereocenters. The zero-order valence-corrected chi connectivity index (χ0v) is 13.0. The van der Waals surface area contributed by atoms with Gasteiger partial charge in [-0.05, 0) is 6.42 Å². The van der Waals surface area contributed by atoms with Crippen LogP contribution in [0.15, 0.2) is 5.38 Å². The number of carbonyl (C=O) groups is 1. The van der Waals surface area contributed by atoms with E-state index in [2.05, 4.69) is 20.4 Å². The number of aromatic nitrogens is 4. The van der Waals surface area contributed by atoms with Gasteiger partial charge < -0.3 is 5.32 Å². The Morgan fingerprint density at radius 3 is 2.75 bits per heavy atom. The predicted molar refractivity (Wildman–Crippen MR) is 78.9 cm³/mol. The largest absolute Gasteiger partial charge is 0.302 e. The second kappa shape index (κ2) is 6.13. The fraction of sp³-hybridized carbons (Fsp3) is 0.538. The Labute approximate surface area is 122 Å². The van der Waals surface area contributed by atoms with Crippen LogP contribution in [0.1, 0.15) is 44.0 Å². The summed E-state index contributed by atoms with van der Waals surface area (Å²) in [7, 11) is 1.81. The molecule has 1 N–H and O–H groups in total. The van der Waals surface area contributed by atoms with Gasteiger partial charge in [-0.1, -0.05) is 20.8 Å². The van der Waals surface area contributed by atoms with Gasteiger partial charge in [-0.25, -0.2) is 9.97 Å². The molecule has 2 rings (SSSR count). The van der Waals surface area contributed by atoms with Crippen molar-refractivity contribution in [2.24, 2.45) is 7.05 Å². The molecule has 6 nitrogen and oxygen atoms in total. The number of aryl methyl sites for hydroxylation is 2. The fourth-order valence-electron chi connectivity index (χ4n) is 1.67. The Bertz CT molecular complexity index is 602. The van der Waals surface area contributed by atoms with E-state index in [0.29, 0.717) is 11.0 Å². The van der Waals surface area contributed by atoms with E-state index < -0.39 is 0 Å². The first kappa shape index (κ1) is 14.6. The normalized spacial score (nSPS) is 11.1. The molecule has 108 valence electrons. The second-order valence-electron chi connectivity index (χ2n) is 4.89. The molecule has 0 unspecified atom stereocenters. The van der Waals surface area contributed by atoms with Crippen LogP contribution in [0.4, 0.5) is 5.13 Å². The van der Waals surface area contributed by atoms with Gasteiger partial charge in [0.05, 0.1) is 12.1 Å². The van der Waals surface area contributed by atoms with Crippen molar-refractivity contribution in [2.75, 3.05) is 5.32 Å². The van der Waals surface area contributed by atoms with Crippen molar-refractivity contribution < 1.29 is 4.79 Å². The van der Waals surface area contributed by atoms with Gasteiger partial charge in [0.25, 0.3) is 0 Å².